The molecular weight excluding hydrogens is 358 g/mol. The highest BCUT2D eigenvalue weighted by molar-refractivity contribution is 6.51. The lowest BCUT2D eigenvalue weighted by atomic mass is 9.95. The summed E-state index contributed by atoms with van der Waals surface area (Å²) in [6, 6.07) is 14.0. The number of aromatic amines is 2. The van der Waals surface area contributed by atoms with Gasteiger partial charge in [-0.1, -0.05) is 30.3 Å². The van der Waals surface area contributed by atoms with Crippen LogP contribution in [0.5, 0.6) is 5.75 Å². The van der Waals surface area contributed by atoms with E-state index in [4.69, 9.17) is 4.74 Å². The summed E-state index contributed by atoms with van der Waals surface area (Å²) in [5.74, 6) is -0.333. The van der Waals surface area contributed by atoms with Crippen molar-refractivity contribution in [2.75, 3.05) is 19.1 Å². The molecule has 7 heteroatoms. The Morgan fingerprint density at radius 1 is 0.964 bits per heavy atom. The fourth-order valence-electron chi connectivity index (χ4n) is 3.33. The predicted molar refractivity (Wildman–Crippen MR) is 105 cm³/mol. The van der Waals surface area contributed by atoms with E-state index in [1.54, 1.807) is 49.5 Å². The molecule has 2 aromatic carbocycles. The number of methoxy groups -OCH3 is 1. The Bertz CT molecular complexity index is 1280. The molecule has 0 saturated carbocycles. The van der Waals surface area contributed by atoms with Gasteiger partial charge in [0.2, 0.25) is 5.78 Å². The number of benzene rings is 2. The number of carbonyl (C=O) groups excluding carboxylic acids is 2. The molecule has 3 aromatic rings. The van der Waals surface area contributed by atoms with Gasteiger partial charge in [-0.3, -0.25) is 24.6 Å². The largest absolute Gasteiger partial charge is 0.496 e. The number of fused-ring (bicyclic) bond motifs is 1. The molecule has 4 rings (SSSR count). The number of aromatic nitrogens is 2. The van der Waals surface area contributed by atoms with Crippen molar-refractivity contribution in [3.05, 3.63) is 80.6 Å². The monoisotopic (exact) mass is 375 g/mol. The SMILES string of the molecule is COc1ccccc1C=c1c(=O)[nH][nH]c1=C1C(=O)c2ccccc2N(C)C1=O. The van der Waals surface area contributed by atoms with Gasteiger partial charge in [-0.25, -0.2) is 0 Å². The first-order valence-electron chi connectivity index (χ1n) is 8.60. The Kier molecular flexibility index (Phi) is 4.19. The van der Waals surface area contributed by atoms with E-state index < -0.39 is 17.2 Å². The van der Waals surface area contributed by atoms with Crippen LogP contribution in [0.3, 0.4) is 0 Å². The van der Waals surface area contributed by atoms with Crippen LogP contribution in [0.4, 0.5) is 5.69 Å². The van der Waals surface area contributed by atoms with Crippen molar-refractivity contribution in [2.45, 2.75) is 0 Å². The molecule has 0 radical (unpaired) electrons. The van der Waals surface area contributed by atoms with Gasteiger partial charge in [-0.15, -0.1) is 0 Å². The minimum atomic E-state index is -0.478. The number of ketones is 1. The van der Waals surface area contributed by atoms with Crippen molar-refractivity contribution in [1.29, 1.82) is 0 Å². The highest BCUT2D eigenvalue weighted by Crippen LogP contribution is 2.28. The third-order valence-corrected chi connectivity index (χ3v) is 4.76. The number of nitrogens with zero attached hydrogens (tertiary/aromatic N) is 1. The predicted octanol–water partition coefficient (Wildman–Crippen LogP) is 0.550. The summed E-state index contributed by atoms with van der Waals surface area (Å²) in [6.07, 6.45) is 1.59. The molecule has 1 aromatic heterocycles. The third-order valence-electron chi connectivity index (χ3n) is 4.76. The molecule has 2 heterocycles. The maximum Gasteiger partial charge on any atom is 0.271 e. The third kappa shape index (κ3) is 2.64. The molecule has 1 amide bonds. The summed E-state index contributed by atoms with van der Waals surface area (Å²) in [7, 11) is 3.13. The molecule has 2 N–H and O–H groups in total. The summed E-state index contributed by atoms with van der Waals surface area (Å²) in [4.78, 5) is 39.8. The number of hydrogen-bond donors (Lipinski definition) is 2. The van der Waals surface area contributed by atoms with E-state index in [0.29, 0.717) is 22.6 Å². The van der Waals surface area contributed by atoms with Crippen LogP contribution in [0.2, 0.25) is 0 Å². The first-order chi connectivity index (χ1) is 13.5. The Morgan fingerprint density at radius 2 is 1.68 bits per heavy atom. The van der Waals surface area contributed by atoms with E-state index >= 15 is 0 Å². The summed E-state index contributed by atoms with van der Waals surface area (Å²) >= 11 is 0. The average Bonchev–Trinajstić information content (AvgIpc) is 3.07. The lowest BCUT2D eigenvalue weighted by Gasteiger charge is -2.25. The molecule has 0 spiro atoms. The molecule has 0 saturated heterocycles. The molecule has 0 aliphatic carbocycles. The van der Waals surface area contributed by atoms with Crippen molar-refractivity contribution >= 4 is 29.0 Å². The van der Waals surface area contributed by atoms with Gasteiger partial charge in [0.05, 0.1) is 23.4 Å². The molecule has 1 aliphatic rings. The van der Waals surface area contributed by atoms with E-state index in [1.807, 2.05) is 12.1 Å². The Labute approximate surface area is 159 Å². The van der Waals surface area contributed by atoms with Gasteiger partial charge >= 0.3 is 0 Å². The molecule has 0 bridgehead atoms. The van der Waals surface area contributed by atoms with Crippen molar-refractivity contribution < 1.29 is 14.3 Å². The van der Waals surface area contributed by atoms with Gasteiger partial charge in [-0.05, 0) is 24.3 Å². The summed E-state index contributed by atoms with van der Waals surface area (Å²) in [6.45, 7) is 0. The normalized spacial score (nSPS) is 16.4. The lowest BCUT2D eigenvalue weighted by molar-refractivity contribution is -0.113. The molecule has 28 heavy (non-hydrogen) atoms. The minimum absolute atomic E-state index is 0.0827. The first-order valence-corrected chi connectivity index (χ1v) is 8.60. The maximum absolute atomic E-state index is 13.1. The molecule has 1 aliphatic heterocycles. The molecule has 140 valence electrons. The zero-order valence-electron chi connectivity index (χ0n) is 15.3. The van der Waals surface area contributed by atoms with Crippen LogP contribution in [0.15, 0.2) is 53.3 Å². The van der Waals surface area contributed by atoms with Gasteiger partial charge in [0.1, 0.15) is 11.3 Å². The van der Waals surface area contributed by atoms with Crippen molar-refractivity contribution in [1.82, 2.24) is 10.2 Å². The van der Waals surface area contributed by atoms with E-state index in [1.165, 1.54) is 12.0 Å². The fourth-order valence-corrected chi connectivity index (χ4v) is 3.33. The number of nitrogens with one attached hydrogen (secondary N) is 2. The minimum Gasteiger partial charge on any atom is -0.496 e. The van der Waals surface area contributed by atoms with E-state index in [9.17, 15) is 14.4 Å². The number of hydrogen-bond acceptors (Lipinski definition) is 4. The Balaban J connectivity index is 2.05. The van der Waals surface area contributed by atoms with Crippen molar-refractivity contribution in [3.63, 3.8) is 0 Å². The van der Waals surface area contributed by atoms with Crippen LogP contribution in [-0.2, 0) is 4.79 Å². The Morgan fingerprint density at radius 3 is 2.46 bits per heavy atom. The van der Waals surface area contributed by atoms with Crippen LogP contribution < -0.4 is 25.8 Å². The molecule has 0 atom stereocenters. The number of Topliss-reactive ketones (excluding diaryl/α,β-unsaturated/α-hetero) is 1. The topological polar surface area (TPSA) is 95.3 Å². The summed E-state index contributed by atoms with van der Waals surface area (Å²) in [5, 5.41) is 5.52. The van der Waals surface area contributed by atoms with Crippen LogP contribution in [0.25, 0.3) is 11.6 Å². The molecular formula is C21H17N3O4. The quantitative estimate of drug-likeness (QED) is 0.684. The summed E-state index contributed by atoms with van der Waals surface area (Å²) in [5.41, 5.74) is 1.08. The highest BCUT2D eigenvalue weighted by Gasteiger charge is 2.33. The maximum atomic E-state index is 13.1. The van der Waals surface area contributed by atoms with E-state index in [0.717, 1.165) is 0 Å². The van der Waals surface area contributed by atoms with Crippen LogP contribution in [0, 0.1) is 0 Å². The average molecular weight is 375 g/mol. The second-order valence-corrected chi connectivity index (χ2v) is 6.34. The number of anilines is 1. The number of carbonyl (C=O) groups is 2. The van der Waals surface area contributed by atoms with Gasteiger partial charge in [0.25, 0.3) is 11.5 Å². The van der Waals surface area contributed by atoms with E-state index in [2.05, 4.69) is 10.2 Å². The van der Waals surface area contributed by atoms with Crippen LogP contribution >= 0.6 is 0 Å². The molecule has 0 fully saturated rings. The van der Waals surface area contributed by atoms with Gasteiger partial charge in [0.15, 0.2) is 0 Å². The second-order valence-electron chi connectivity index (χ2n) is 6.34. The van der Waals surface area contributed by atoms with Crippen molar-refractivity contribution in [2.24, 2.45) is 0 Å². The first kappa shape index (κ1) is 17.5. The number of ether oxygens (including phenoxy) is 1. The molecule has 7 nitrogen and oxygen atoms in total. The van der Waals surface area contributed by atoms with E-state index in [-0.39, 0.29) is 16.1 Å². The standard InChI is InChI=1S/C21H17N3O4/c1-24-15-9-5-4-8-13(15)19(25)17(21(24)27)18-14(20(26)23-22-18)11-12-7-3-6-10-16(12)28-2/h3-11,22H,1-2H3,(H,23,26). The van der Waals surface area contributed by atoms with Gasteiger partial charge < -0.3 is 9.64 Å². The lowest BCUT2D eigenvalue weighted by Crippen LogP contribution is -2.44. The number of para-hydroxylation sites is 2. The van der Waals surface area contributed by atoms with Gasteiger partial charge in [0, 0.05) is 18.2 Å². The zero-order valence-corrected chi connectivity index (χ0v) is 15.3. The second kappa shape index (κ2) is 6.70. The fraction of sp³-hybridized carbons (Fsp3) is 0.0952. The molecule has 0 unspecified atom stereocenters. The van der Waals surface area contributed by atoms with Crippen LogP contribution in [0.1, 0.15) is 15.9 Å². The summed E-state index contributed by atoms with van der Waals surface area (Å²) < 4.78 is 5.32. The Hall–Kier alpha value is -3.87. The smallest absolute Gasteiger partial charge is 0.271 e. The highest BCUT2D eigenvalue weighted by atomic mass is 16.5. The van der Waals surface area contributed by atoms with Crippen LogP contribution in [-0.4, -0.2) is 36.0 Å². The van der Waals surface area contributed by atoms with Gasteiger partial charge in [-0.2, -0.15) is 0 Å². The number of H-pyrrole nitrogens is 2. The zero-order chi connectivity index (χ0) is 19.8. The van der Waals surface area contributed by atoms with Crippen molar-refractivity contribution in [3.8, 4) is 5.75 Å². The number of rotatable bonds is 2. The number of amides is 1.